The molecule has 25 heavy (non-hydrogen) atoms. The second kappa shape index (κ2) is 6.94. The number of hydrogen-bond acceptors (Lipinski definition) is 3. The van der Waals surface area contributed by atoms with Gasteiger partial charge in [0.25, 0.3) is 6.43 Å². The number of halogens is 3. The number of carbonyl (C=O) groups is 1. The number of hydrogen-bond donors (Lipinski definition) is 3. The number of aromatic nitrogens is 2. The number of aliphatic hydroxyl groups is 1. The van der Waals surface area contributed by atoms with E-state index in [1.165, 1.54) is 36.4 Å². The Labute approximate surface area is 140 Å². The predicted molar refractivity (Wildman–Crippen MR) is 85.7 cm³/mol. The summed E-state index contributed by atoms with van der Waals surface area (Å²) in [5.74, 6) is -1.44. The molecule has 1 amide bonds. The van der Waals surface area contributed by atoms with Crippen molar-refractivity contribution in [2.75, 3.05) is 5.32 Å². The number of carbonyl (C=O) groups excluding carboxylic acids is 1. The zero-order chi connectivity index (χ0) is 18.0. The molecule has 5 nitrogen and oxygen atoms in total. The monoisotopic (exact) mass is 349 g/mol. The average Bonchev–Trinajstić information content (AvgIpc) is 2.98. The smallest absolute Gasteiger partial charge is 0.295 e. The molecule has 1 atom stereocenters. The second-order valence-corrected chi connectivity index (χ2v) is 5.48. The zero-order valence-corrected chi connectivity index (χ0v) is 12.8. The molecule has 1 unspecified atom stereocenters. The molecule has 0 saturated carbocycles. The highest BCUT2D eigenvalue weighted by molar-refractivity contribution is 5.93. The number of amides is 1. The van der Waals surface area contributed by atoms with Gasteiger partial charge >= 0.3 is 0 Å². The van der Waals surface area contributed by atoms with Gasteiger partial charge in [0.15, 0.2) is 5.82 Å². The molecule has 8 heteroatoms. The quantitative estimate of drug-likeness (QED) is 0.657. The van der Waals surface area contributed by atoms with Gasteiger partial charge in [0.2, 0.25) is 5.91 Å². The number of aromatic amines is 1. The van der Waals surface area contributed by atoms with Crippen LogP contribution in [0.25, 0.3) is 11.0 Å². The highest BCUT2D eigenvalue weighted by Gasteiger charge is 2.15. The van der Waals surface area contributed by atoms with Gasteiger partial charge in [-0.25, -0.2) is 18.2 Å². The van der Waals surface area contributed by atoms with Gasteiger partial charge in [0, 0.05) is 5.69 Å². The highest BCUT2D eigenvalue weighted by atomic mass is 19.3. The number of rotatable bonds is 5. The van der Waals surface area contributed by atoms with Gasteiger partial charge in [-0.1, -0.05) is 12.1 Å². The Balaban J connectivity index is 1.69. The van der Waals surface area contributed by atoms with Gasteiger partial charge in [0.1, 0.15) is 5.82 Å². The van der Waals surface area contributed by atoms with Crippen LogP contribution in [0.2, 0.25) is 0 Å². The number of aliphatic hydroxyl groups excluding tert-OH is 1. The second-order valence-electron chi connectivity index (χ2n) is 5.48. The number of imidazole rings is 1. The topological polar surface area (TPSA) is 78.0 Å². The Morgan fingerprint density at radius 2 is 2.04 bits per heavy atom. The number of benzene rings is 2. The minimum absolute atomic E-state index is 0.271. The molecular weight excluding hydrogens is 335 g/mol. The molecule has 0 spiro atoms. The normalized spacial score (nSPS) is 12.5. The van der Waals surface area contributed by atoms with Gasteiger partial charge in [0.05, 0.1) is 23.6 Å². The lowest BCUT2D eigenvalue weighted by molar-refractivity contribution is -0.118. The van der Waals surface area contributed by atoms with Crippen molar-refractivity contribution in [2.45, 2.75) is 19.0 Å². The van der Waals surface area contributed by atoms with Crippen molar-refractivity contribution < 1.29 is 23.1 Å². The van der Waals surface area contributed by atoms with Crippen LogP contribution in [0.4, 0.5) is 18.9 Å². The highest BCUT2D eigenvalue weighted by Crippen LogP contribution is 2.23. The third-order valence-electron chi connectivity index (χ3n) is 3.60. The number of nitrogens with one attached hydrogen (secondary N) is 2. The van der Waals surface area contributed by atoms with Crippen LogP contribution in [-0.4, -0.2) is 21.0 Å². The van der Waals surface area contributed by atoms with E-state index in [9.17, 15) is 23.1 Å². The van der Waals surface area contributed by atoms with E-state index >= 15 is 0 Å². The molecule has 0 aliphatic heterocycles. The third kappa shape index (κ3) is 3.97. The van der Waals surface area contributed by atoms with Crippen LogP contribution in [-0.2, 0) is 4.79 Å². The van der Waals surface area contributed by atoms with Crippen LogP contribution >= 0.6 is 0 Å². The van der Waals surface area contributed by atoms with Crippen molar-refractivity contribution in [2.24, 2.45) is 0 Å². The van der Waals surface area contributed by atoms with Gasteiger partial charge in [-0.2, -0.15) is 0 Å². The SMILES string of the molecule is O=C(CC(O)c1cccc(F)c1)Nc1ccc2nc(C(F)F)[nH]c2c1. The van der Waals surface area contributed by atoms with Crippen LogP contribution in [0.3, 0.4) is 0 Å². The Bertz CT molecular complexity index is 911. The molecule has 0 aliphatic carbocycles. The molecule has 2 aromatic carbocycles. The summed E-state index contributed by atoms with van der Waals surface area (Å²) in [5.41, 5.74) is 1.38. The molecule has 3 rings (SSSR count). The lowest BCUT2D eigenvalue weighted by atomic mass is 10.1. The summed E-state index contributed by atoms with van der Waals surface area (Å²) in [7, 11) is 0. The third-order valence-corrected chi connectivity index (χ3v) is 3.60. The van der Waals surface area contributed by atoms with Crippen LogP contribution in [0, 0.1) is 5.82 Å². The first kappa shape index (κ1) is 17.0. The lowest BCUT2D eigenvalue weighted by Gasteiger charge is -2.11. The summed E-state index contributed by atoms with van der Waals surface area (Å²) in [6.07, 6.45) is -4.14. The average molecular weight is 349 g/mol. The summed E-state index contributed by atoms with van der Waals surface area (Å²) >= 11 is 0. The van der Waals surface area contributed by atoms with Crippen molar-refractivity contribution >= 4 is 22.6 Å². The van der Waals surface area contributed by atoms with Crippen molar-refractivity contribution in [1.29, 1.82) is 0 Å². The minimum Gasteiger partial charge on any atom is -0.388 e. The van der Waals surface area contributed by atoms with Crippen molar-refractivity contribution in [3.05, 3.63) is 59.7 Å². The van der Waals surface area contributed by atoms with Gasteiger partial charge in [-0.3, -0.25) is 4.79 Å². The largest absolute Gasteiger partial charge is 0.388 e. The molecule has 0 aliphatic rings. The standard InChI is InChI=1S/C17H14F3N3O2/c18-10-3-1-2-9(6-10)14(24)8-15(25)21-11-4-5-12-13(7-11)23-17(22-12)16(19)20/h1-7,14,16,24H,8H2,(H,21,25)(H,22,23). The molecule has 1 aromatic heterocycles. The van der Waals surface area contributed by atoms with E-state index < -0.39 is 30.1 Å². The van der Waals surface area contributed by atoms with Gasteiger partial charge in [-0.05, 0) is 35.9 Å². The summed E-state index contributed by atoms with van der Waals surface area (Å²) in [4.78, 5) is 18.2. The van der Waals surface area contributed by atoms with E-state index in [2.05, 4.69) is 15.3 Å². The fourth-order valence-electron chi connectivity index (χ4n) is 2.43. The molecule has 0 fully saturated rings. The minimum atomic E-state index is -2.72. The number of nitrogens with zero attached hydrogens (tertiary/aromatic N) is 1. The molecule has 0 radical (unpaired) electrons. The summed E-state index contributed by atoms with van der Waals surface area (Å²) in [5, 5.41) is 12.6. The molecule has 3 aromatic rings. The van der Waals surface area contributed by atoms with Crippen LogP contribution in [0.15, 0.2) is 42.5 Å². The zero-order valence-electron chi connectivity index (χ0n) is 12.8. The number of alkyl halides is 2. The van der Waals surface area contributed by atoms with Crippen molar-refractivity contribution in [1.82, 2.24) is 9.97 Å². The first-order valence-corrected chi connectivity index (χ1v) is 7.43. The molecule has 0 saturated heterocycles. The molecule has 130 valence electrons. The molecular formula is C17H14F3N3O2. The maximum atomic E-state index is 13.1. The Morgan fingerprint density at radius 3 is 2.76 bits per heavy atom. The first-order valence-electron chi connectivity index (χ1n) is 7.43. The fourth-order valence-corrected chi connectivity index (χ4v) is 2.43. The maximum Gasteiger partial charge on any atom is 0.295 e. The molecule has 0 bridgehead atoms. The number of anilines is 1. The Kier molecular flexibility index (Phi) is 4.71. The fraction of sp³-hybridized carbons (Fsp3) is 0.176. The van der Waals surface area contributed by atoms with Crippen molar-refractivity contribution in [3.8, 4) is 0 Å². The van der Waals surface area contributed by atoms with Crippen LogP contribution in [0.1, 0.15) is 30.3 Å². The van der Waals surface area contributed by atoms with Gasteiger partial charge in [-0.15, -0.1) is 0 Å². The van der Waals surface area contributed by atoms with E-state index in [1.807, 2.05) is 0 Å². The van der Waals surface area contributed by atoms with Crippen LogP contribution in [0.5, 0.6) is 0 Å². The Hall–Kier alpha value is -2.87. The molecule has 1 heterocycles. The summed E-state index contributed by atoms with van der Waals surface area (Å²) in [6, 6.07) is 9.84. The predicted octanol–water partition coefficient (Wildman–Crippen LogP) is 3.70. The van der Waals surface area contributed by atoms with E-state index in [-0.39, 0.29) is 6.42 Å². The van der Waals surface area contributed by atoms with E-state index in [0.29, 0.717) is 22.3 Å². The number of H-pyrrole nitrogens is 1. The van der Waals surface area contributed by atoms with Gasteiger partial charge < -0.3 is 15.4 Å². The van der Waals surface area contributed by atoms with E-state index in [0.717, 1.165) is 6.07 Å². The Morgan fingerprint density at radius 1 is 1.24 bits per heavy atom. The maximum absolute atomic E-state index is 13.1. The van der Waals surface area contributed by atoms with E-state index in [4.69, 9.17) is 0 Å². The lowest BCUT2D eigenvalue weighted by Crippen LogP contribution is -2.15. The van der Waals surface area contributed by atoms with E-state index in [1.54, 1.807) is 0 Å². The number of fused-ring (bicyclic) bond motifs is 1. The first-order chi connectivity index (χ1) is 11.9. The van der Waals surface area contributed by atoms with Crippen LogP contribution < -0.4 is 5.32 Å². The summed E-state index contributed by atoms with van der Waals surface area (Å²) < 4.78 is 38.4. The molecule has 3 N–H and O–H groups in total. The van der Waals surface area contributed by atoms with Crippen molar-refractivity contribution in [3.63, 3.8) is 0 Å². The summed E-state index contributed by atoms with van der Waals surface area (Å²) in [6.45, 7) is 0.